The third-order valence-corrected chi connectivity index (χ3v) is 9.91. The molecule has 0 atom stereocenters. The molecule has 0 aromatic carbocycles. The molecule has 0 aromatic rings. The normalized spacial score (nSPS) is 10.4. The summed E-state index contributed by atoms with van der Waals surface area (Å²) in [7, 11) is 0. The third kappa shape index (κ3) is 122. The van der Waals surface area contributed by atoms with E-state index in [1.165, 1.54) is 205 Å². The van der Waals surface area contributed by atoms with Crippen LogP contribution in [0.3, 0.4) is 0 Å². The van der Waals surface area contributed by atoms with Crippen LogP contribution in [0.5, 0.6) is 0 Å². The molecule has 0 radical (unpaired) electrons. The maximum absolute atomic E-state index is 11.2. The third-order valence-electron chi connectivity index (χ3n) is 9.91. The fourth-order valence-corrected chi connectivity index (χ4v) is 5.77. The van der Waals surface area contributed by atoms with Crippen molar-refractivity contribution in [3.63, 3.8) is 0 Å². The van der Waals surface area contributed by atoms with E-state index >= 15 is 0 Å². The first kappa shape index (κ1) is 96.5. The van der Waals surface area contributed by atoms with Gasteiger partial charge in [-0.3, -0.25) is 0 Å². The van der Waals surface area contributed by atoms with Gasteiger partial charge in [0.15, 0.2) is 0 Å². The first-order chi connectivity index (χ1) is 34.5. The minimum absolute atomic E-state index is 0. The molecular formula is C44H94F12KN3O11S4. The predicted molar refractivity (Wildman–Crippen MR) is 271 cm³/mol. The zero-order chi connectivity index (χ0) is 59.6. The number of unbranched alkanes of at least 4 members (excludes halogenated alkanes) is 30. The Labute approximate surface area is 500 Å². The standard InChI is InChI=1S/2C18H39N.2C4H3F6.K.NO3.4O2S.4H2/c2*1-2-3-4-5-6-7-8-9-10-11-12-13-14-15-16-17-18-19;2*1-2(3(5,6)7)4(8,9)10;;2-1(3)4;4*1-3-2;;;;/h2*2-19H2,1H3;2*1H3;;;;;;;4*1H/q;;2*-1;+1;-1;;;;;;;;/p+2. The van der Waals surface area contributed by atoms with Crippen LogP contribution >= 0.6 is 0 Å². The quantitative estimate of drug-likeness (QED) is 0.0160. The molecule has 460 valence electrons. The van der Waals surface area contributed by atoms with Gasteiger partial charge in [-0.15, -0.1) is 11.8 Å². The average Bonchev–Trinajstić information content (AvgIpc) is 3.29. The van der Waals surface area contributed by atoms with Crippen LogP contribution in [0.2, 0.25) is 0 Å². The molecule has 0 fully saturated rings. The average molecular weight is 1240 g/mol. The van der Waals surface area contributed by atoms with E-state index in [1.807, 2.05) is 0 Å². The summed E-state index contributed by atoms with van der Waals surface area (Å²) in [6.45, 7) is 6.83. The molecule has 6 N–H and O–H groups in total. The maximum atomic E-state index is 11.2. The monoisotopic (exact) mass is 1240 g/mol. The Balaban J connectivity index is -0.0000000545. The summed E-state index contributed by atoms with van der Waals surface area (Å²) >= 11 is -3.00. The molecule has 31 heteroatoms. The van der Waals surface area contributed by atoms with Crippen LogP contribution in [0, 0.1) is 27.2 Å². The summed E-state index contributed by atoms with van der Waals surface area (Å²) in [6.07, 6.45) is 25.3. The second-order valence-corrected chi connectivity index (χ2v) is 16.6. The molecule has 0 aliphatic heterocycles. The minimum atomic E-state index is -5.27. The summed E-state index contributed by atoms with van der Waals surface area (Å²) in [5.41, 5.74) is 7.78. The van der Waals surface area contributed by atoms with Crippen molar-refractivity contribution in [2.24, 2.45) is 0 Å². The minimum Gasteiger partial charge on any atom is -0.358 e. The van der Waals surface area contributed by atoms with Crippen molar-refractivity contribution in [3.8, 4) is 0 Å². The predicted octanol–water partition coefficient (Wildman–Crippen LogP) is 11.5. The van der Waals surface area contributed by atoms with E-state index in [2.05, 4.69) is 25.3 Å². The van der Waals surface area contributed by atoms with Crippen LogP contribution in [0.25, 0.3) is 0 Å². The van der Waals surface area contributed by atoms with Gasteiger partial charge in [-0.05, 0) is 25.7 Å². The number of hydrogen-bond donors (Lipinski definition) is 2. The van der Waals surface area contributed by atoms with Gasteiger partial charge in [-0.1, -0.05) is 194 Å². The van der Waals surface area contributed by atoms with Gasteiger partial charge in [-0.25, -0.2) is 52.7 Å². The molecule has 0 unspecified atom stereocenters. The van der Waals surface area contributed by atoms with Gasteiger partial charge in [0, 0.05) is 5.71 Å². The summed E-state index contributed by atoms with van der Waals surface area (Å²) in [4.78, 5) is 8.25. The van der Waals surface area contributed by atoms with E-state index in [9.17, 15) is 52.7 Å². The van der Waals surface area contributed by atoms with E-state index in [-0.39, 0.29) is 70.9 Å². The van der Waals surface area contributed by atoms with E-state index in [4.69, 9.17) is 49.0 Å². The van der Waals surface area contributed by atoms with Gasteiger partial charge in [0.2, 0.25) is 0 Å². The van der Waals surface area contributed by atoms with Crippen molar-refractivity contribution in [3.05, 3.63) is 27.2 Å². The Bertz CT molecular complexity index is 1130. The van der Waals surface area contributed by atoms with Crippen LogP contribution in [-0.2, 0) is 46.3 Å². The number of halogens is 12. The van der Waals surface area contributed by atoms with Gasteiger partial charge in [0.25, 0.3) is 24.7 Å². The summed E-state index contributed by atoms with van der Waals surface area (Å²) in [6, 6.07) is 0. The fourth-order valence-electron chi connectivity index (χ4n) is 5.77. The zero-order valence-corrected chi connectivity index (χ0v) is 51.0. The molecule has 0 aromatic heterocycles. The van der Waals surface area contributed by atoms with E-state index in [1.54, 1.807) is 0 Å². The number of rotatable bonds is 32. The maximum Gasteiger partial charge on any atom is 1.00 e. The van der Waals surface area contributed by atoms with Gasteiger partial charge in [0.05, 0.1) is 18.2 Å². The Kier molecular flexibility index (Phi) is 99.6. The van der Waals surface area contributed by atoms with Crippen molar-refractivity contribution >= 4 is 46.3 Å². The van der Waals surface area contributed by atoms with Gasteiger partial charge in [-0.2, -0.15) is 47.5 Å². The molecule has 0 aliphatic rings. The topological polar surface area (TPSA) is 258 Å². The molecule has 0 aliphatic carbocycles. The second-order valence-electron chi connectivity index (χ2n) is 16.1. The van der Waals surface area contributed by atoms with Crippen molar-refractivity contribution in [1.29, 1.82) is 0 Å². The van der Waals surface area contributed by atoms with Crippen LogP contribution in [-0.4, -0.2) is 76.6 Å². The van der Waals surface area contributed by atoms with Crippen molar-refractivity contribution < 1.29 is 160 Å². The largest absolute Gasteiger partial charge is 1.00 e. The van der Waals surface area contributed by atoms with E-state index < -0.39 is 87.9 Å². The molecular weight excluding hydrogens is 1140 g/mol. The summed E-state index contributed by atoms with van der Waals surface area (Å²) < 4.78 is 201. The fraction of sp³-hybridized carbons (Fsp3) is 0.955. The molecule has 0 amide bonds. The molecule has 0 bridgehead atoms. The van der Waals surface area contributed by atoms with Crippen LogP contribution in [0.1, 0.15) is 239 Å². The van der Waals surface area contributed by atoms with Crippen molar-refractivity contribution in [1.82, 2.24) is 0 Å². The zero-order valence-electron chi connectivity index (χ0n) is 44.6. The summed E-state index contributed by atoms with van der Waals surface area (Å²) in [5.74, 6) is -4.86. The van der Waals surface area contributed by atoms with Crippen LogP contribution in [0.15, 0.2) is 0 Å². The van der Waals surface area contributed by atoms with E-state index in [0.717, 1.165) is 13.1 Å². The Morgan fingerprint density at radius 2 is 0.440 bits per heavy atom. The summed E-state index contributed by atoms with van der Waals surface area (Å²) in [5, 5.41) is 14.8. The van der Waals surface area contributed by atoms with Crippen LogP contribution in [0.4, 0.5) is 52.7 Å². The Hall–Kier alpha value is -0.804. The molecule has 0 saturated carbocycles. The van der Waals surface area contributed by atoms with Gasteiger partial charge in [0.1, 0.15) is 0 Å². The first-order valence-electron chi connectivity index (χ1n) is 24.6. The van der Waals surface area contributed by atoms with E-state index in [0.29, 0.717) is 0 Å². The molecule has 0 heterocycles. The number of hydrogen-bond acceptors (Lipinski definition) is 11. The smallest absolute Gasteiger partial charge is 0.358 e. The van der Waals surface area contributed by atoms with Crippen molar-refractivity contribution in [2.75, 3.05) is 13.1 Å². The second kappa shape index (κ2) is 77.4. The van der Waals surface area contributed by atoms with Gasteiger partial charge >= 0.3 is 97.7 Å². The molecule has 14 nitrogen and oxygen atoms in total. The van der Waals surface area contributed by atoms with Gasteiger partial charge < -0.3 is 26.8 Å². The number of quaternary nitrogens is 2. The Morgan fingerprint density at radius 3 is 0.507 bits per heavy atom. The number of alkyl halides is 12. The molecule has 0 saturated heterocycles. The number of nitrogens with zero attached hydrogens (tertiary/aromatic N) is 1. The molecule has 0 rings (SSSR count). The molecule has 0 spiro atoms. The Morgan fingerprint density at radius 1 is 0.347 bits per heavy atom. The van der Waals surface area contributed by atoms with Crippen molar-refractivity contribution in [2.45, 2.75) is 258 Å². The molecule has 75 heavy (non-hydrogen) atoms. The SMILES string of the molecule is CCCCCCCCCCCCCCCCCC[NH3+].CCCCCCCCCCCCCCCCCC[NH3+].C[C-](C(F)(F)F)C(F)(F)F.C[C-](C(F)(F)F)C(F)(F)F.O=S=O.O=S=O.O=S=O.O=S=O.O=[N+]([O-])[O-].[HH].[HH].[HH].[HH].[K+]. The van der Waals surface area contributed by atoms with Crippen LogP contribution < -0.4 is 62.9 Å². The first-order valence-corrected chi connectivity index (χ1v) is 27.2.